The molecule has 0 bridgehead atoms. The van der Waals surface area contributed by atoms with Gasteiger partial charge in [-0.05, 0) is 25.3 Å². The Morgan fingerprint density at radius 3 is 2.43 bits per heavy atom. The fourth-order valence-electron chi connectivity index (χ4n) is 2.24. The summed E-state index contributed by atoms with van der Waals surface area (Å²) in [4.78, 5) is 0. The Labute approximate surface area is 131 Å². The lowest BCUT2D eigenvalue weighted by Crippen LogP contribution is -2.37. The lowest BCUT2D eigenvalue weighted by atomic mass is 9.84. The van der Waals surface area contributed by atoms with E-state index in [1.807, 2.05) is 25.2 Å². The molecular weight excluding hydrogens is 258 g/mol. The van der Waals surface area contributed by atoms with Gasteiger partial charge in [0.25, 0.3) is 0 Å². The van der Waals surface area contributed by atoms with E-state index in [2.05, 4.69) is 51.7 Å². The van der Waals surface area contributed by atoms with Crippen molar-refractivity contribution in [3.05, 3.63) is 48.1 Å². The van der Waals surface area contributed by atoms with Crippen LogP contribution in [0.1, 0.15) is 47.5 Å². The molecule has 0 amide bonds. The molecule has 1 unspecified atom stereocenters. The van der Waals surface area contributed by atoms with Crippen LogP contribution in [-0.2, 0) is 0 Å². The van der Waals surface area contributed by atoms with Crippen LogP contribution in [0.2, 0.25) is 0 Å². The van der Waals surface area contributed by atoms with Crippen molar-refractivity contribution in [3.63, 3.8) is 0 Å². The maximum Gasteiger partial charge on any atom is 0.0770 e. The van der Waals surface area contributed by atoms with E-state index in [1.165, 1.54) is 5.57 Å². The first-order chi connectivity index (χ1) is 9.97. The second-order valence-corrected chi connectivity index (χ2v) is 5.61. The summed E-state index contributed by atoms with van der Waals surface area (Å²) in [5, 5.41) is 13.9. The number of aliphatic hydroxyl groups is 1. The Morgan fingerprint density at radius 1 is 1.29 bits per heavy atom. The van der Waals surface area contributed by atoms with E-state index in [-0.39, 0.29) is 5.92 Å². The molecule has 0 rings (SSSR count). The molecule has 2 heteroatoms. The Balaban J connectivity index is 5.23. The molecule has 120 valence electrons. The molecule has 0 heterocycles. The molecule has 2 N–H and O–H groups in total. The van der Waals surface area contributed by atoms with Gasteiger partial charge >= 0.3 is 0 Å². The van der Waals surface area contributed by atoms with E-state index in [9.17, 15) is 5.11 Å². The Bertz CT molecular complexity index is 377. The first-order valence-electron chi connectivity index (χ1n) is 8.06. The van der Waals surface area contributed by atoms with Crippen molar-refractivity contribution in [1.82, 2.24) is 5.32 Å². The zero-order valence-corrected chi connectivity index (χ0v) is 14.4. The van der Waals surface area contributed by atoms with Crippen LogP contribution in [0.4, 0.5) is 0 Å². The molecule has 0 spiro atoms. The molecule has 2 nitrogen and oxygen atoms in total. The van der Waals surface area contributed by atoms with E-state index in [0.717, 1.165) is 18.4 Å². The summed E-state index contributed by atoms with van der Waals surface area (Å²) in [5.41, 5.74) is 2.20. The third-order valence-electron chi connectivity index (χ3n) is 3.40. The minimum absolute atomic E-state index is 0.0275. The van der Waals surface area contributed by atoms with Crippen molar-refractivity contribution in [3.8, 4) is 0 Å². The first-order valence-corrected chi connectivity index (χ1v) is 8.06. The van der Waals surface area contributed by atoms with Crippen molar-refractivity contribution >= 4 is 0 Å². The van der Waals surface area contributed by atoms with Gasteiger partial charge in [0.1, 0.15) is 0 Å². The molecule has 0 fully saturated rings. The van der Waals surface area contributed by atoms with Crippen molar-refractivity contribution < 1.29 is 5.11 Å². The summed E-state index contributed by atoms with van der Waals surface area (Å²) in [6.45, 7) is 15.2. The summed E-state index contributed by atoms with van der Waals surface area (Å²) in [5.74, 6) is -0.0275. The van der Waals surface area contributed by atoms with Gasteiger partial charge in [0.2, 0.25) is 0 Å². The summed E-state index contributed by atoms with van der Waals surface area (Å²) >= 11 is 0. The van der Waals surface area contributed by atoms with Crippen LogP contribution in [0.3, 0.4) is 0 Å². The second kappa shape index (κ2) is 11.5. The average molecular weight is 291 g/mol. The normalized spacial score (nSPS) is 16.0. The summed E-state index contributed by atoms with van der Waals surface area (Å²) < 4.78 is 0. The van der Waals surface area contributed by atoms with Gasteiger partial charge in [0.05, 0.1) is 6.10 Å². The number of aliphatic hydroxyl groups excluding tert-OH is 1. The summed E-state index contributed by atoms with van der Waals surface area (Å²) in [7, 11) is 0. The Morgan fingerprint density at radius 2 is 1.95 bits per heavy atom. The lowest BCUT2D eigenvalue weighted by molar-refractivity contribution is 0.135. The largest absolute Gasteiger partial charge is 0.391 e. The quantitative estimate of drug-likeness (QED) is 0.585. The second-order valence-electron chi connectivity index (χ2n) is 5.61. The van der Waals surface area contributed by atoms with Gasteiger partial charge in [-0.1, -0.05) is 70.2 Å². The van der Waals surface area contributed by atoms with E-state index in [0.29, 0.717) is 12.6 Å². The van der Waals surface area contributed by atoms with Gasteiger partial charge in [0.15, 0.2) is 0 Å². The molecule has 0 aromatic carbocycles. The molecule has 0 aliphatic heterocycles. The SMILES string of the molecule is C=C(/C=C\CC)C(/C(=C/C=C\C)CC)[C@@H](O)CNC(C)C. The summed E-state index contributed by atoms with van der Waals surface area (Å²) in [6.07, 6.45) is 11.7. The Hall–Kier alpha value is -1.12. The molecule has 0 aliphatic rings. The predicted octanol–water partition coefficient (Wildman–Crippen LogP) is 4.40. The van der Waals surface area contributed by atoms with Crippen LogP contribution in [0, 0.1) is 5.92 Å². The van der Waals surface area contributed by atoms with Gasteiger partial charge in [-0.15, -0.1) is 0 Å². The Kier molecular flexibility index (Phi) is 10.9. The molecule has 0 aromatic rings. The molecule has 0 saturated heterocycles. The minimum atomic E-state index is -0.460. The monoisotopic (exact) mass is 291 g/mol. The van der Waals surface area contributed by atoms with Crippen LogP contribution < -0.4 is 5.32 Å². The third kappa shape index (κ3) is 8.03. The summed E-state index contributed by atoms with van der Waals surface area (Å²) in [6, 6.07) is 0.365. The van der Waals surface area contributed by atoms with Crippen LogP contribution >= 0.6 is 0 Å². The van der Waals surface area contributed by atoms with E-state index in [1.54, 1.807) is 0 Å². The van der Waals surface area contributed by atoms with Crippen molar-refractivity contribution in [1.29, 1.82) is 0 Å². The van der Waals surface area contributed by atoms with Crippen LogP contribution in [0.5, 0.6) is 0 Å². The maximum absolute atomic E-state index is 10.6. The third-order valence-corrected chi connectivity index (χ3v) is 3.40. The molecule has 2 atom stereocenters. The van der Waals surface area contributed by atoms with Gasteiger partial charge in [-0.3, -0.25) is 0 Å². The van der Waals surface area contributed by atoms with Gasteiger partial charge in [-0.25, -0.2) is 0 Å². The lowest BCUT2D eigenvalue weighted by Gasteiger charge is -2.27. The fourth-order valence-corrected chi connectivity index (χ4v) is 2.24. The van der Waals surface area contributed by atoms with Crippen molar-refractivity contribution in [2.75, 3.05) is 6.54 Å². The highest BCUT2D eigenvalue weighted by molar-refractivity contribution is 5.31. The molecule has 0 radical (unpaired) electrons. The molecular formula is C19H33NO. The highest BCUT2D eigenvalue weighted by atomic mass is 16.3. The number of nitrogens with one attached hydrogen (secondary N) is 1. The van der Waals surface area contributed by atoms with Crippen LogP contribution in [0.15, 0.2) is 48.1 Å². The number of allylic oxidation sites excluding steroid dienone is 5. The predicted molar refractivity (Wildman–Crippen MR) is 94.4 cm³/mol. The first kappa shape index (κ1) is 19.9. The topological polar surface area (TPSA) is 32.3 Å². The highest BCUT2D eigenvalue weighted by Gasteiger charge is 2.23. The smallest absolute Gasteiger partial charge is 0.0770 e. The zero-order chi connectivity index (χ0) is 16.3. The molecule has 0 aromatic heterocycles. The van der Waals surface area contributed by atoms with Gasteiger partial charge < -0.3 is 10.4 Å². The van der Waals surface area contributed by atoms with Gasteiger partial charge in [0, 0.05) is 18.5 Å². The average Bonchev–Trinajstić information content (AvgIpc) is 2.46. The van der Waals surface area contributed by atoms with Crippen LogP contribution in [0.25, 0.3) is 0 Å². The number of rotatable bonds is 10. The number of hydrogen-bond donors (Lipinski definition) is 2. The van der Waals surface area contributed by atoms with Gasteiger partial charge in [-0.2, -0.15) is 0 Å². The van der Waals surface area contributed by atoms with Crippen LogP contribution in [-0.4, -0.2) is 23.8 Å². The molecule has 0 aliphatic carbocycles. The molecule has 21 heavy (non-hydrogen) atoms. The van der Waals surface area contributed by atoms with E-state index >= 15 is 0 Å². The molecule has 0 saturated carbocycles. The fraction of sp³-hybridized carbons (Fsp3) is 0.579. The minimum Gasteiger partial charge on any atom is -0.391 e. The highest BCUT2D eigenvalue weighted by Crippen LogP contribution is 2.27. The number of hydrogen-bond acceptors (Lipinski definition) is 2. The maximum atomic E-state index is 10.6. The van der Waals surface area contributed by atoms with E-state index in [4.69, 9.17) is 0 Å². The van der Waals surface area contributed by atoms with E-state index < -0.39 is 6.10 Å². The van der Waals surface area contributed by atoms with Crippen molar-refractivity contribution in [2.24, 2.45) is 5.92 Å². The standard InChI is InChI=1S/C19H33NO/c1-7-10-12-16(6)19(17(9-3)13-11-8-2)18(21)14-20-15(4)5/h8,10-13,15,18-21H,6-7,9,14H2,1-5H3/b11-8-,12-10-,17-13+/t18-,19?/m0/s1. The van der Waals surface area contributed by atoms with Crippen molar-refractivity contribution in [2.45, 2.75) is 59.6 Å². The zero-order valence-electron chi connectivity index (χ0n) is 14.4.